The molecule has 0 aliphatic heterocycles. The van der Waals surface area contributed by atoms with Crippen LogP contribution in [0.2, 0.25) is 10.3 Å². The van der Waals surface area contributed by atoms with Crippen LogP contribution in [0.1, 0.15) is 79.8 Å². The first-order valence-electron chi connectivity index (χ1n) is 20.0. The van der Waals surface area contributed by atoms with Crippen LogP contribution in [0.15, 0.2) is 80.4 Å². The summed E-state index contributed by atoms with van der Waals surface area (Å²) in [5.74, 6) is 0.496. The first-order chi connectivity index (χ1) is 31.2. The number of pyridine rings is 2. The van der Waals surface area contributed by atoms with E-state index in [0.29, 0.717) is 57.6 Å². The number of amides is 3. The summed E-state index contributed by atoms with van der Waals surface area (Å²) in [5.41, 5.74) is 12.4. The van der Waals surface area contributed by atoms with Gasteiger partial charge in [0.1, 0.15) is 40.7 Å². The highest BCUT2D eigenvalue weighted by molar-refractivity contribution is 6.30. The van der Waals surface area contributed by atoms with Gasteiger partial charge in [0, 0.05) is 82.8 Å². The fourth-order valence-corrected chi connectivity index (χ4v) is 7.66. The summed E-state index contributed by atoms with van der Waals surface area (Å²) in [7, 11) is 7.14. The van der Waals surface area contributed by atoms with E-state index in [1.54, 1.807) is 67.2 Å². The molecule has 0 spiro atoms. The van der Waals surface area contributed by atoms with E-state index >= 15 is 0 Å². The first kappa shape index (κ1) is 45.6. The smallest absolute Gasteiger partial charge is 0.419 e. The van der Waals surface area contributed by atoms with E-state index in [-0.39, 0.29) is 37.1 Å². The number of nitrogens with one attached hydrogen (secondary N) is 3. The van der Waals surface area contributed by atoms with Crippen molar-refractivity contribution in [2.24, 2.45) is 33.9 Å². The van der Waals surface area contributed by atoms with Crippen LogP contribution >= 0.6 is 23.2 Å². The number of imidazole rings is 1. The molecule has 22 nitrogen and oxygen atoms in total. The lowest BCUT2D eigenvalue weighted by Gasteiger charge is -2.12. The third-order valence-electron chi connectivity index (χ3n) is 10.2. The van der Waals surface area contributed by atoms with Crippen LogP contribution in [0, 0.1) is 0 Å². The second kappa shape index (κ2) is 20.4. The minimum atomic E-state index is -0.554. The number of rotatable bonds is 9. The van der Waals surface area contributed by atoms with Gasteiger partial charge in [0.25, 0.3) is 11.8 Å². The number of ether oxygens (including phenoxy) is 2. The van der Waals surface area contributed by atoms with Crippen LogP contribution in [0.3, 0.4) is 0 Å². The molecule has 5 N–H and O–H groups in total. The Morgan fingerprint density at radius 2 is 1.26 bits per heavy atom. The van der Waals surface area contributed by atoms with Gasteiger partial charge in [0.2, 0.25) is 0 Å². The molecule has 0 radical (unpaired) electrons. The highest BCUT2D eigenvalue weighted by Crippen LogP contribution is 2.35. The molecular weight excluding hydrogens is 883 g/mol. The number of halogens is 2. The summed E-state index contributed by atoms with van der Waals surface area (Å²) >= 11 is 11.7. The number of hydrogen-bond donors (Lipinski definition) is 4. The quantitative estimate of drug-likeness (QED) is 0.141. The lowest BCUT2D eigenvalue weighted by Crippen LogP contribution is -2.27. The lowest BCUT2D eigenvalue weighted by molar-refractivity contribution is 0.101. The van der Waals surface area contributed by atoms with Crippen molar-refractivity contribution in [2.75, 3.05) is 10.6 Å². The molecule has 7 aromatic heterocycles. The van der Waals surface area contributed by atoms with Crippen molar-refractivity contribution >= 4 is 58.6 Å². The maximum atomic E-state index is 12.8. The van der Waals surface area contributed by atoms with Gasteiger partial charge >= 0.3 is 12.2 Å². The Labute approximate surface area is 381 Å². The van der Waals surface area contributed by atoms with E-state index < -0.39 is 12.2 Å². The largest absolute Gasteiger partial charge is 0.441 e. The number of aromatic nitrogens is 12. The molecule has 338 valence electrons. The van der Waals surface area contributed by atoms with Crippen LogP contribution in [-0.4, -0.2) is 82.2 Å². The van der Waals surface area contributed by atoms with E-state index in [1.165, 1.54) is 40.5 Å². The van der Waals surface area contributed by atoms with Gasteiger partial charge in [-0.05, 0) is 72.2 Å². The van der Waals surface area contributed by atoms with Gasteiger partial charge in [-0.3, -0.25) is 19.0 Å². The Hall–Kier alpha value is -7.43. The van der Waals surface area contributed by atoms with Gasteiger partial charge in [-0.2, -0.15) is 10.2 Å². The van der Waals surface area contributed by atoms with Gasteiger partial charge in [0.15, 0.2) is 24.9 Å². The number of alkyl carbamates (subject to hydrolysis) is 1. The molecule has 7 heterocycles. The van der Waals surface area contributed by atoms with Gasteiger partial charge in [-0.1, -0.05) is 23.2 Å². The van der Waals surface area contributed by atoms with Crippen molar-refractivity contribution in [3.8, 4) is 0 Å². The number of fused-ring (bicyclic) bond motifs is 2. The Balaban J connectivity index is 0.000000155. The first-order valence-corrected chi connectivity index (χ1v) is 20.7. The monoisotopic (exact) mass is 926 g/mol. The number of nitrogens with zero attached hydrogens (tertiary/aromatic N) is 12. The third-order valence-corrected chi connectivity index (χ3v) is 10.6. The Morgan fingerprint density at radius 3 is 1.78 bits per heavy atom. The normalized spacial score (nSPS) is 14.5. The molecule has 0 bridgehead atoms. The zero-order chi connectivity index (χ0) is 46.2. The maximum absolute atomic E-state index is 12.8. The van der Waals surface area contributed by atoms with Crippen molar-refractivity contribution in [3.63, 3.8) is 0 Å². The van der Waals surface area contributed by atoms with Crippen molar-refractivity contribution in [3.05, 3.63) is 136 Å². The Bertz CT molecular complexity index is 2810. The van der Waals surface area contributed by atoms with Crippen LogP contribution in [0.4, 0.5) is 21.0 Å². The molecule has 2 atom stereocenters. The van der Waals surface area contributed by atoms with Crippen LogP contribution < -0.4 is 21.7 Å². The van der Waals surface area contributed by atoms with Crippen LogP contribution in [0.5, 0.6) is 0 Å². The highest BCUT2D eigenvalue weighted by Gasteiger charge is 2.32. The van der Waals surface area contributed by atoms with E-state index in [0.717, 1.165) is 35.1 Å². The fourth-order valence-electron chi connectivity index (χ4n) is 7.31. The van der Waals surface area contributed by atoms with Crippen molar-refractivity contribution < 1.29 is 28.7 Å². The number of carbonyl (C=O) groups is 4. The average molecular weight is 928 g/mol. The second-order valence-electron chi connectivity index (χ2n) is 14.8. The SMILES string of the molecule is Cn1cc2c(c1C(=O)Nc1ccnc(Cl)c1)CCC2N.Cn1cnc(COC(=O)NC2CCc3c2cn(C)c3C(=O)Nc2ccnc(Cl)c2)n1.Cn1cnc(COC(=O)n2ccnc2)n1. The zero-order valence-electron chi connectivity index (χ0n) is 35.6. The topological polar surface area (TPSA) is 264 Å². The second-order valence-corrected chi connectivity index (χ2v) is 15.6. The molecule has 7 aromatic rings. The predicted octanol–water partition coefficient (Wildman–Crippen LogP) is 4.84. The minimum Gasteiger partial charge on any atom is -0.441 e. The van der Waals surface area contributed by atoms with Gasteiger partial charge in [-0.25, -0.2) is 39.1 Å². The average Bonchev–Trinajstić information content (AvgIpc) is 4.14. The van der Waals surface area contributed by atoms with Crippen molar-refractivity contribution in [1.82, 2.24) is 63.5 Å². The molecule has 9 rings (SSSR count). The summed E-state index contributed by atoms with van der Waals surface area (Å²) in [4.78, 5) is 68.2. The van der Waals surface area contributed by atoms with E-state index in [1.807, 2.05) is 24.0 Å². The number of carbonyl (C=O) groups excluding carboxylic acids is 4. The molecule has 2 unspecified atom stereocenters. The Morgan fingerprint density at radius 1 is 0.723 bits per heavy atom. The summed E-state index contributed by atoms with van der Waals surface area (Å²) in [6.45, 7) is 0.0427. The summed E-state index contributed by atoms with van der Waals surface area (Å²) < 4.78 is 18.0. The third kappa shape index (κ3) is 11.4. The molecule has 24 heteroatoms. The zero-order valence-corrected chi connectivity index (χ0v) is 37.1. The molecule has 0 saturated heterocycles. The highest BCUT2D eigenvalue weighted by atomic mass is 35.5. The van der Waals surface area contributed by atoms with E-state index in [4.69, 9.17) is 38.4 Å². The lowest BCUT2D eigenvalue weighted by atomic mass is 10.1. The number of aryl methyl sites for hydroxylation is 4. The van der Waals surface area contributed by atoms with Crippen molar-refractivity contribution in [1.29, 1.82) is 0 Å². The summed E-state index contributed by atoms with van der Waals surface area (Å²) in [6, 6.07) is 6.39. The maximum Gasteiger partial charge on any atom is 0.419 e. The molecule has 3 amide bonds. The Kier molecular flexibility index (Phi) is 14.3. The van der Waals surface area contributed by atoms with Crippen LogP contribution in [0.25, 0.3) is 0 Å². The molecule has 0 aromatic carbocycles. The van der Waals surface area contributed by atoms with Gasteiger partial charge < -0.3 is 40.3 Å². The van der Waals surface area contributed by atoms with Crippen molar-refractivity contribution in [2.45, 2.75) is 51.0 Å². The van der Waals surface area contributed by atoms with Gasteiger partial charge in [0.05, 0.1) is 6.04 Å². The number of anilines is 2. The predicted molar refractivity (Wildman–Crippen MR) is 235 cm³/mol. The summed E-state index contributed by atoms with van der Waals surface area (Å²) in [6.07, 6.45) is 16.4. The fraction of sp³-hybridized carbons (Fsp3) is 0.293. The molecule has 0 saturated carbocycles. The number of hydrogen-bond acceptors (Lipinski definition) is 14. The van der Waals surface area contributed by atoms with Gasteiger partial charge in [-0.15, -0.1) is 0 Å². The number of nitrogens with two attached hydrogens (primary N) is 1. The minimum absolute atomic E-state index is 0.0107. The van der Waals surface area contributed by atoms with E-state index in [2.05, 4.69) is 51.1 Å². The molecular formula is C41H44Cl2N16O6. The standard InChI is InChI=1S/C19H20ClN7O3.C14H15ClN4O.C8H9N5O2/c1-26-8-13-12(17(26)18(28)23-11-5-6-21-15(20)7-11)3-4-14(13)24-19(29)30-9-16-22-10-27(2)25-16;1-19-7-10-9(2-3-11(10)16)13(19)14(20)18-8-4-5-17-12(15)6-8;1-12-6-10-7(11-12)4-15-8(14)13-3-2-9-5-13/h5-8,10,14H,3-4,9H2,1-2H3,(H,24,29)(H,21,23,28);4-7,11H,2-3,16H2,1H3,(H,17,18,20);2-3,5-6H,4H2,1H3. The summed E-state index contributed by atoms with van der Waals surface area (Å²) in [5, 5.41) is 17.2. The van der Waals surface area contributed by atoms with Crippen LogP contribution in [-0.2, 0) is 63.7 Å². The molecule has 2 aliphatic carbocycles. The van der Waals surface area contributed by atoms with E-state index in [9.17, 15) is 19.2 Å². The molecule has 2 aliphatic rings. The molecule has 65 heavy (non-hydrogen) atoms. The molecule has 0 fully saturated rings.